The van der Waals surface area contributed by atoms with Crippen molar-refractivity contribution in [2.45, 2.75) is 25.8 Å². The number of aliphatic hydroxyl groups is 1. The zero-order valence-electron chi connectivity index (χ0n) is 13.5. The lowest BCUT2D eigenvalue weighted by molar-refractivity contribution is -0.384. The summed E-state index contributed by atoms with van der Waals surface area (Å²) in [7, 11) is 1.66. The van der Waals surface area contributed by atoms with Gasteiger partial charge in [0.15, 0.2) is 0 Å². The van der Waals surface area contributed by atoms with Gasteiger partial charge in [0.2, 0.25) is 5.91 Å². The second-order valence-electron chi connectivity index (χ2n) is 6.07. The van der Waals surface area contributed by atoms with E-state index in [1.165, 1.54) is 17.0 Å². The largest absolute Gasteiger partial charge is 0.395 e. The van der Waals surface area contributed by atoms with Crippen LogP contribution in [0, 0.1) is 16.0 Å². The van der Waals surface area contributed by atoms with Gasteiger partial charge in [0, 0.05) is 30.9 Å². The zero-order chi connectivity index (χ0) is 17.0. The summed E-state index contributed by atoms with van der Waals surface area (Å²) in [6.07, 6.45) is 2.08. The third-order valence-electron chi connectivity index (χ3n) is 4.58. The van der Waals surface area contributed by atoms with Crippen LogP contribution in [0.4, 0.5) is 11.4 Å². The number of likely N-dealkylation sites (tertiary alicyclic amines) is 1. The van der Waals surface area contributed by atoms with E-state index in [4.69, 9.17) is 0 Å². The Hall–Kier alpha value is -1.99. The second kappa shape index (κ2) is 7.52. The lowest BCUT2D eigenvalue weighted by Gasteiger charge is -2.39. The van der Waals surface area contributed by atoms with Gasteiger partial charge in [-0.05, 0) is 37.4 Å². The van der Waals surface area contributed by atoms with Gasteiger partial charge in [-0.25, -0.2) is 0 Å². The van der Waals surface area contributed by atoms with Crippen molar-refractivity contribution in [3.05, 3.63) is 34.4 Å². The average Bonchev–Trinajstić information content (AvgIpc) is 2.54. The number of amides is 1. The van der Waals surface area contributed by atoms with Crippen LogP contribution in [0.15, 0.2) is 24.3 Å². The first-order chi connectivity index (χ1) is 10.9. The van der Waals surface area contributed by atoms with Crippen LogP contribution < -0.4 is 4.90 Å². The molecule has 1 saturated heterocycles. The average molecular weight is 321 g/mol. The summed E-state index contributed by atoms with van der Waals surface area (Å²) in [6.45, 7) is 3.19. The van der Waals surface area contributed by atoms with E-state index in [9.17, 15) is 20.0 Å². The fourth-order valence-corrected chi connectivity index (χ4v) is 3.05. The predicted molar refractivity (Wildman–Crippen MR) is 87.4 cm³/mol. The molecule has 0 aromatic heterocycles. The molecule has 0 radical (unpaired) electrons. The molecule has 1 aliphatic rings. The highest BCUT2D eigenvalue weighted by Crippen LogP contribution is 2.24. The van der Waals surface area contributed by atoms with Crippen molar-refractivity contribution in [1.82, 2.24) is 4.90 Å². The lowest BCUT2D eigenvalue weighted by Crippen LogP contribution is -2.50. The van der Waals surface area contributed by atoms with Crippen LogP contribution >= 0.6 is 0 Å². The molecule has 0 bridgehead atoms. The van der Waals surface area contributed by atoms with Gasteiger partial charge in [-0.2, -0.15) is 0 Å². The van der Waals surface area contributed by atoms with Gasteiger partial charge in [-0.3, -0.25) is 19.8 Å². The quantitative estimate of drug-likeness (QED) is 0.658. The maximum atomic E-state index is 12.5. The number of rotatable bonds is 5. The summed E-state index contributed by atoms with van der Waals surface area (Å²) < 4.78 is 0. The molecule has 0 aliphatic carbocycles. The molecule has 0 spiro atoms. The molecular weight excluding hydrogens is 298 g/mol. The molecule has 1 N–H and O–H groups in total. The molecule has 2 rings (SSSR count). The van der Waals surface area contributed by atoms with E-state index in [0.717, 1.165) is 19.4 Å². The molecule has 126 valence electrons. The normalized spacial score (nSPS) is 21.9. The van der Waals surface area contributed by atoms with Crippen LogP contribution in [0.3, 0.4) is 0 Å². The van der Waals surface area contributed by atoms with E-state index in [0.29, 0.717) is 11.6 Å². The van der Waals surface area contributed by atoms with Crippen molar-refractivity contribution in [3.63, 3.8) is 0 Å². The molecule has 1 fully saturated rings. The molecule has 23 heavy (non-hydrogen) atoms. The summed E-state index contributed by atoms with van der Waals surface area (Å²) in [5, 5.41) is 20.2. The smallest absolute Gasteiger partial charge is 0.269 e. The molecule has 2 unspecified atom stereocenters. The van der Waals surface area contributed by atoms with E-state index in [1.807, 2.05) is 4.90 Å². The van der Waals surface area contributed by atoms with Crippen LogP contribution in [0.1, 0.15) is 19.8 Å². The standard InChI is InChI=1S/C16H23N3O4/c1-12-4-3-9-18(15(12)11-20)10-16(21)17(2)13-5-7-14(8-6-13)19(22)23/h5-8,12,15,20H,3-4,9-11H2,1-2H3. The Bertz CT molecular complexity index is 561. The summed E-state index contributed by atoms with van der Waals surface area (Å²) in [5.41, 5.74) is 0.617. The number of aliphatic hydroxyl groups excluding tert-OH is 1. The molecular formula is C16H23N3O4. The fourth-order valence-electron chi connectivity index (χ4n) is 3.05. The predicted octanol–water partition coefficient (Wildman–Crippen LogP) is 1.65. The maximum Gasteiger partial charge on any atom is 0.269 e. The monoisotopic (exact) mass is 321 g/mol. The van der Waals surface area contributed by atoms with E-state index in [2.05, 4.69) is 6.92 Å². The van der Waals surface area contributed by atoms with E-state index >= 15 is 0 Å². The van der Waals surface area contributed by atoms with Gasteiger partial charge in [-0.1, -0.05) is 6.92 Å². The second-order valence-corrected chi connectivity index (χ2v) is 6.07. The number of non-ortho nitro benzene ring substituents is 1. The number of benzene rings is 1. The van der Waals surface area contributed by atoms with Gasteiger partial charge >= 0.3 is 0 Å². The zero-order valence-corrected chi connectivity index (χ0v) is 13.5. The maximum absolute atomic E-state index is 12.5. The van der Waals surface area contributed by atoms with Gasteiger partial charge in [-0.15, -0.1) is 0 Å². The Labute approximate surface area is 135 Å². The number of nitro groups is 1. The van der Waals surface area contributed by atoms with Crippen molar-refractivity contribution < 1.29 is 14.8 Å². The minimum absolute atomic E-state index is 0.000186. The molecule has 1 heterocycles. The highest BCUT2D eigenvalue weighted by atomic mass is 16.6. The van der Waals surface area contributed by atoms with Crippen LogP contribution in [0.5, 0.6) is 0 Å². The number of piperidine rings is 1. The molecule has 2 atom stereocenters. The van der Waals surface area contributed by atoms with E-state index < -0.39 is 4.92 Å². The van der Waals surface area contributed by atoms with Crippen LogP contribution in [-0.4, -0.2) is 53.6 Å². The van der Waals surface area contributed by atoms with Crippen LogP contribution in [0.25, 0.3) is 0 Å². The first-order valence-electron chi connectivity index (χ1n) is 7.80. The first-order valence-corrected chi connectivity index (χ1v) is 7.80. The molecule has 0 saturated carbocycles. The SMILES string of the molecule is CC1CCCN(CC(=O)N(C)c2ccc([N+](=O)[O-])cc2)C1CO. The number of nitro benzene ring substituents is 1. The first kappa shape index (κ1) is 17.4. The highest BCUT2D eigenvalue weighted by Gasteiger charge is 2.30. The van der Waals surface area contributed by atoms with Crippen molar-refractivity contribution in [3.8, 4) is 0 Å². The minimum Gasteiger partial charge on any atom is -0.395 e. The number of carbonyl (C=O) groups excluding carboxylic acids is 1. The highest BCUT2D eigenvalue weighted by molar-refractivity contribution is 5.94. The van der Waals surface area contributed by atoms with Gasteiger partial charge in [0.25, 0.3) is 5.69 Å². The van der Waals surface area contributed by atoms with E-state index in [-0.39, 0.29) is 30.8 Å². The number of carbonyl (C=O) groups is 1. The van der Waals surface area contributed by atoms with Gasteiger partial charge in [0.05, 0.1) is 18.1 Å². The number of likely N-dealkylation sites (N-methyl/N-ethyl adjacent to an activating group) is 1. The van der Waals surface area contributed by atoms with Crippen LogP contribution in [0.2, 0.25) is 0 Å². The van der Waals surface area contributed by atoms with Crippen molar-refractivity contribution in [2.75, 3.05) is 31.6 Å². The lowest BCUT2D eigenvalue weighted by atomic mass is 9.91. The summed E-state index contributed by atoms with van der Waals surface area (Å²) in [5.74, 6) is 0.276. The molecule has 1 aromatic carbocycles. The van der Waals surface area contributed by atoms with Gasteiger partial charge < -0.3 is 10.0 Å². The summed E-state index contributed by atoms with van der Waals surface area (Å²) >= 11 is 0. The molecule has 7 heteroatoms. The van der Waals surface area contributed by atoms with Crippen LogP contribution in [-0.2, 0) is 4.79 Å². The molecule has 1 amide bonds. The third kappa shape index (κ3) is 4.05. The number of anilines is 1. The fraction of sp³-hybridized carbons (Fsp3) is 0.562. The third-order valence-corrected chi connectivity index (χ3v) is 4.58. The Morgan fingerprint density at radius 2 is 2.09 bits per heavy atom. The molecule has 1 aromatic rings. The van der Waals surface area contributed by atoms with Crippen molar-refractivity contribution in [1.29, 1.82) is 0 Å². The molecule has 7 nitrogen and oxygen atoms in total. The number of hydrogen-bond acceptors (Lipinski definition) is 5. The summed E-state index contributed by atoms with van der Waals surface area (Å²) in [4.78, 5) is 26.2. The topological polar surface area (TPSA) is 86.9 Å². The Morgan fingerprint density at radius 3 is 2.65 bits per heavy atom. The molecule has 1 aliphatic heterocycles. The van der Waals surface area contributed by atoms with Crippen molar-refractivity contribution in [2.24, 2.45) is 5.92 Å². The Balaban J connectivity index is 2.03. The number of hydrogen-bond donors (Lipinski definition) is 1. The Morgan fingerprint density at radius 1 is 1.43 bits per heavy atom. The minimum atomic E-state index is -0.466. The van der Waals surface area contributed by atoms with E-state index in [1.54, 1.807) is 19.2 Å². The number of nitrogens with zero attached hydrogens (tertiary/aromatic N) is 3. The Kier molecular flexibility index (Phi) is 5.68. The summed E-state index contributed by atoms with van der Waals surface area (Å²) in [6, 6.07) is 5.92. The van der Waals surface area contributed by atoms with Crippen molar-refractivity contribution >= 4 is 17.3 Å². The van der Waals surface area contributed by atoms with Gasteiger partial charge in [0.1, 0.15) is 0 Å².